The second kappa shape index (κ2) is 7.00. The van der Waals surface area contributed by atoms with Crippen LogP contribution in [0.1, 0.15) is 32.9 Å². The summed E-state index contributed by atoms with van der Waals surface area (Å²) in [6.45, 7) is 8.97. The molecule has 3 rings (SSSR count). The number of aromatic nitrogens is 1. The molecule has 7 heteroatoms. The van der Waals surface area contributed by atoms with E-state index in [2.05, 4.69) is 10.1 Å². The second-order valence-corrected chi connectivity index (χ2v) is 7.37. The van der Waals surface area contributed by atoms with Gasteiger partial charge in [0.15, 0.2) is 5.58 Å². The van der Waals surface area contributed by atoms with Crippen molar-refractivity contribution < 1.29 is 18.4 Å². The first-order valence-corrected chi connectivity index (χ1v) is 8.56. The molecule has 1 aliphatic heterocycles. The van der Waals surface area contributed by atoms with Crippen molar-refractivity contribution in [1.29, 1.82) is 0 Å². The van der Waals surface area contributed by atoms with Crippen LogP contribution in [0.2, 0.25) is 0 Å². The molecule has 2 aromatic rings. The molecular weight excluding hydrogens is 325 g/mol. The van der Waals surface area contributed by atoms with Crippen LogP contribution in [0, 0.1) is 5.82 Å². The Balaban J connectivity index is 1.63. The summed E-state index contributed by atoms with van der Waals surface area (Å²) in [5.74, 6) is -0.302. The first kappa shape index (κ1) is 17.7. The maximum Gasteiger partial charge on any atom is 0.410 e. The fourth-order valence-corrected chi connectivity index (χ4v) is 2.92. The summed E-state index contributed by atoms with van der Waals surface area (Å²) in [6.07, 6.45) is 0.576. The molecule has 0 radical (unpaired) electrons. The van der Waals surface area contributed by atoms with E-state index in [1.165, 1.54) is 12.1 Å². The normalized spacial score (nSPS) is 16.9. The fourth-order valence-electron chi connectivity index (χ4n) is 2.92. The van der Waals surface area contributed by atoms with E-state index < -0.39 is 5.60 Å². The van der Waals surface area contributed by atoms with Crippen molar-refractivity contribution in [3.8, 4) is 0 Å². The quantitative estimate of drug-likeness (QED) is 0.831. The van der Waals surface area contributed by atoms with E-state index >= 15 is 0 Å². The number of rotatable bonds is 2. The van der Waals surface area contributed by atoms with Crippen LogP contribution in [0.5, 0.6) is 0 Å². The molecule has 1 amide bonds. The molecule has 0 N–H and O–H groups in total. The fraction of sp³-hybridized carbons (Fsp3) is 0.556. The van der Waals surface area contributed by atoms with Crippen molar-refractivity contribution in [3.05, 3.63) is 29.7 Å². The molecule has 0 bridgehead atoms. The summed E-state index contributed by atoms with van der Waals surface area (Å²) in [7, 11) is 0. The highest BCUT2D eigenvalue weighted by atomic mass is 19.1. The first-order valence-electron chi connectivity index (χ1n) is 8.56. The zero-order chi connectivity index (χ0) is 18.0. The average Bonchev–Trinajstić information content (AvgIpc) is 2.75. The smallest absolute Gasteiger partial charge is 0.410 e. The van der Waals surface area contributed by atoms with Gasteiger partial charge in [0.05, 0.1) is 0 Å². The van der Waals surface area contributed by atoms with Crippen LogP contribution >= 0.6 is 0 Å². The van der Waals surface area contributed by atoms with Crippen LogP contribution in [0.3, 0.4) is 0 Å². The van der Waals surface area contributed by atoms with Crippen molar-refractivity contribution in [2.45, 2.75) is 39.3 Å². The molecule has 1 fully saturated rings. The van der Waals surface area contributed by atoms with Gasteiger partial charge < -0.3 is 14.2 Å². The monoisotopic (exact) mass is 349 g/mol. The first-order chi connectivity index (χ1) is 11.8. The second-order valence-electron chi connectivity index (χ2n) is 7.37. The molecule has 1 aromatic carbocycles. The molecule has 6 nitrogen and oxygen atoms in total. The number of nitrogens with zero attached hydrogens (tertiary/aromatic N) is 3. The van der Waals surface area contributed by atoms with Crippen LogP contribution in [-0.2, 0) is 11.3 Å². The largest absolute Gasteiger partial charge is 0.444 e. The Morgan fingerprint density at radius 1 is 1.28 bits per heavy atom. The van der Waals surface area contributed by atoms with Gasteiger partial charge in [-0.25, -0.2) is 9.18 Å². The topological polar surface area (TPSA) is 58.8 Å². The Bertz CT molecular complexity index is 754. The van der Waals surface area contributed by atoms with Crippen LogP contribution in [-0.4, -0.2) is 52.8 Å². The number of carbonyl (C=O) groups excluding carboxylic acids is 1. The van der Waals surface area contributed by atoms with Crippen molar-refractivity contribution >= 4 is 17.1 Å². The van der Waals surface area contributed by atoms with Gasteiger partial charge in [-0.1, -0.05) is 5.16 Å². The van der Waals surface area contributed by atoms with E-state index in [-0.39, 0.29) is 11.9 Å². The van der Waals surface area contributed by atoms with Crippen LogP contribution < -0.4 is 0 Å². The minimum absolute atomic E-state index is 0.275. The maximum atomic E-state index is 13.5. The van der Waals surface area contributed by atoms with Gasteiger partial charge in [0.2, 0.25) is 0 Å². The molecule has 2 heterocycles. The SMILES string of the molecule is CC(C)(C)OC(=O)N1CCCN(Cc2noc3ccc(F)cc23)CC1. The van der Waals surface area contributed by atoms with Crippen molar-refractivity contribution in [3.63, 3.8) is 0 Å². The van der Waals surface area contributed by atoms with Gasteiger partial charge in [0.1, 0.15) is 17.1 Å². The van der Waals surface area contributed by atoms with Gasteiger partial charge in [-0.3, -0.25) is 4.90 Å². The summed E-state index contributed by atoms with van der Waals surface area (Å²) in [6, 6.07) is 4.40. The zero-order valence-corrected chi connectivity index (χ0v) is 14.9. The predicted octanol–water partition coefficient (Wildman–Crippen LogP) is 3.41. The molecule has 25 heavy (non-hydrogen) atoms. The lowest BCUT2D eigenvalue weighted by Crippen LogP contribution is -2.39. The van der Waals surface area contributed by atoms with Crippen molar-refractivity contribution in [2.75, 3.05) is 26.2 Å². The molecule has 1 aromatic heterocycles. The summed E-state index contributed by atoms with van der Waals surface area (Å²) in [4.78, 5) is 16.2. The number of halogens is 1. The van der Waals surface area contributed by atoms with E-state index in [9.17, 15) is 9.18 Å². The molecule has 0 spiro atoms. The van der Waals surface area contributed by atoms with Gasteiger partial charge in [-0.15, -0.1) is 0 Å². The van der Waals surface area contributed by atoms with Crippen molar-refractivity contribution in [2.24, 2.45) is 0 Å². The lowest BCUT2D eigenvalue weighted by atomic mass is 10.2. The summed E-state index contributed by atoms with van der Waals surface area (Å²) >= 11 is 0. The summed E-state index contributed by atoms with van der Waals surface area (Å²) < 4.78 is 24.2. The van der Waals surface area contributed by atoms with Gasteiger partial charge in [-0.2, -0.15) is 0 Å². The molecule has 0 unspecified atom stereocenters. The maximum absolute atomic E-state index is 13.5. The molecule has 0 atom stereocenters. The average molecular weight is 349 g/mol. The summed E-state index contributed by atoms with van der Waals surface area (Å²) in [5, 5.41) is 4.78. The van der Waals surface area contributed by atoms with E-state index in [1.54, 1.807) is 11.0 Å². The van der Waals surface area contributed by atoms with Gasteiger partial charge in [0, 0.05) is 38.1 Å². The molecule has 0 aliphatic carbocycles. The number of hydrogen-bond donors (Lipinski definition) is 0. The van der Waals surface area contributed by atoms with Crippen LogP contribution in [0.25, 0.3) is 11.0 Å². The summed E-state index contributed by atoms with van der Waals surface area (Å²) in [5.41, 5.74) is 0.814. The Hall–Kier alpha value is -2.15. The molecule has 1 saturated heterocycles. The zero-order valence-electron chi connectivity index (χ0n) is 14.9. The Kier molecular flexibility index (Phi) is 4.94. The predicted molar refractivity (Wildman–Crippen MR) is 91.7 cm³/mol. The van der Waals surface area contributed by atoms with Crippen LogP contribution in [0.15, 0.2) is 22.7 Å². The van der Waals surface area contributed by atoms with E-state index in [0.717, 1.165) is 18.7 Å². The lowest BCUT2D eigenvalue weighted by Gasteiger charge is -2.26. The number of amides is 1. The Labute approximate surface area is 146 Å². The van der Waals surface area contributed by atoms with E-state index in [4.69, 9.17) is 9.26 Å². The molecule has 136 valence electrons. The van der Waals surface area contributed by atoms with E-state index in [1.807, 2.05) is 20.8 Å². The number of fused-ring (bicyclic) bond motifs is 1. The number of hydrogen-bond acceptors (Lipinski definition) is 5. The molecular formula is C18H24FN3O3. The standard InChI is InChI=1S/C18H24FN3O3/c1-18(2,3)24-17(23)22-8-4-7-21(9-10-22)12-15-14-11-13(19)5-6-16(14)25-20-15/h5-6,11H,4,7-10,12H2,1-3H3. The van der Waals surface area contributed by atoms with Gasteiger partial charge in [0.25, 0.3) is 0 Å². The molecule has 1 aliphatic rings. The number of ether oxygens (including phenoxy) is 1. The lowest BCUT2D eigenvalue weighted by molar-refractivity contribution is 0.0257. The third-order valence-corrected chi connectivity index (χ3v) is 4.12. The molecule has 0 saturated carbocycles. The van der Waals surface area contributed by atoms with Crippen molar-refractivity contribution in [1.82, 2.24) is 15.0 Å². The number of carbonyl (C=O) groups is 1. The third kappa shape index (κ3) is 4.48. The van der Waals surface area contributed by atoms with Crippen LogP contribution in [0.4, 0.5) is 9.18 Å². The highest BCUT2D eigenvalue weighted by molar-refractivity contribution is 5.79. The van der Waals surface area contributed by atoms with Gasteiger partial charge in [-0.05, 0) is 45.4 Å². The third-order valence-electron chi connectivity index (χ3n) is 4.12. The van der Waals surface area contributed by atoms with Gasteiger partial charge >= 0.3 is 6.09 Å². The number of benzene rings is 1. The Morgan fingerprint density at radius 2 is 2.08 bits per heavy atom. The minimum Gasteiger partial charge on any atom is -0.444 e. The van der Waals surface area contributed by atoms with E-state index in [0.29, 0.717) is 37.1 Å². The minimum atomic E-state index is -0.493. The highest BCUT2D eigenvalue weighted by Crippen LogP contribution is 2.21. The highest BCUT2D eigenvalue weighted by Gasteiger charge is 2.25. The Morgan fingerprint density at radius 3 is 2.84 bits per heavy atom.